The van der Waals surface area contributed by atoms with Crippen LogP contribution in [0.4, 0.5) is 0 Å². The van der Waals surface area contributed by atoms with Crippen molar-refractivity contribution in [2.45, 2.75) is 19.9 Å². The average Bonchev–Trinajstić information content (AvgIpc) is 2.87. The summed E-state index contributed by atoms with van der Waals surface area (Å²) in [6.07, 6.45) is 6.84. The number of hydrogen-bond acceptors (Lipinski definition) is 3. The normalized spacial score (nSPS) is 10.9. The van der Waals surface area contributed by atoms with E-state index in [2.05, 4.69) is 22.4 Å². The van der Waals surface area contributed by atoms with Crippen LogP contribution in [0, 0.1) is 0 Å². The van der Waals surface area contributed by atoms with Crippen LogP contribution in [0.2, 0.25) is 0 Å². The van der Waals surface area contributed by atoms with Gasteiger partial charge >= 0.3 is 0 Å². The summed E-state index contributed by atoms with van der Waals surface area (Å²) in [4.78, 5) is 0. The summed E-state index contributed by atoms with van der Waals surface area (Å²) in [5.74, 6) is 0. The molecule has 0 saturated heterocycles. The lowest BCUT2D eigenvalue weighted by Crippen LogP contribution is -2.14. The first-order valence-electron chi connectivity index (χ1n) is 5.54. The minimum atomic E-state index is 0.821. The predicted molar refractivity (Wildman–Crippen MR) is 62.3 cm³/mol. The third kappa shape index (κ3) is 2.49. The molecule has 2 rings (SSSR count). The quantitative estimate of drug-likeness (QED) is 0.766. The molecule has 2 aromatic heterocycles. The fraction of sp³-hybridized carbons (Fsp3) is 0.455. The Morgan fingerprint density at radius 3 is 3.00 bits per heavy atom. The van der Waals surface area contributed by atoms with Crippen LogP contribution in [0.5, 0.6) is 0 Å². The number of nitrogens with zero attached hydrogens (tertiary/aromatic N) is 4. The van der Waals surface area contributed by atoms with E-state index in [0.717, 1.165) is 30.9 Å². The van der Waals surface area contributed by atoms with Crippen molar-refractivity contribution in [3.63, 3.8) is 0 Å². The van der Waals surface area contributed by atoms with E-state index in [1.165, 1.54) is 0 Å². The van der Waals surface area contributed by atoms with Crippen molar-refractivity contribution < 1.29 is 0 Å². The van der Waals surface area contributed by atoms with E-state index in [4.69, 9.17) is 0 Å². The zero-order chi connectivity index (χ0) is 11.4. The molecular weight excluding hydrogens is 202 g/mol. The van der Waals surface area contributed by atoms with Crippen molar-refractivity contribution >= 4 is 0 Å². The number of hydrogen-bond donors (Lipinski definition) is 1. The topological polar surface area (TPSA) is 47.7 Å². The number of nitrogens with one attached hydrogen (secondary N) is 1. The maximum absolute atomic E-state index is 4.47. The molecule has 0 aromatic carbocycles. The van der Waals surface area contributed by atoms with Crippen molar-refractivity contribution in [1.82, 2.24) is 24.9 Å². The summed E-state index contributed by atoms with van der Waals surface area (Å²) in [6, 6.07) is 2.02. The van der Waals surface area contributed by atoms with Gasteiger partial charge in [-0.05, 0) is 19.0 Å². The van der Waals surface area contributed by atoms with E-state index in [0.29, 0.717) is 0 Å². The van der Waals surface area contributed by atoms with E-state index in [1.807, 2.05) is 30.2 Å². The van der Waals surface area contributed by atoms with Crippen molar-refractivity contribution in [3.05, 3.63) is 30.4 Å². The molecule has 0 aliphatic rings. The predicted octanol–water partition coefficient (Wildman–Crippen LogP) is 1.11. The first-order chi connectivity index (χ1) is 7.79. The van der Waals surface area contributed by atoms with Gasteiger partial charge in [0.05, 0.1) is 18.1 Å². The second-order valence-corrected chi connectivity index (χ2v) is 3.80. The lowest BCUT2D eigenvalue weighted by atomic mass is 10.4. The lowest BCUT2D eigenvalue weighted by Gasteiger charge is -1.98. The largest absolute Gasteiger partial charge is 0.311 e. The maximum atomic E-state index is 4.47. The van der Waals surface area contributed by atoms with Crippen LogP contribution in [-0.2, 0) is 13.6 Å². The van der Waals surface area contributed by atoms with Gasteiger partial charge in [0.2, 0.25) is 0 Å². The van der Waals surface area contributed by atoms with Crippen molar-refractivity contribution in [1.29, 1.82) is 0 Å². The molecule has 1 N–H and O–H groups in total. The zero-order valence-corrected chi connectivity index (χ0v) is 9.72. The Hall–Kier alpha value is -1.62. The second-order valence-electron chi connectivity index (χ2n) is 3.80. The first kappa shape index (κ1) is 10.9. The Morgan fingerprint density at radius 2 is 2.31 bits per heavy atom. The summed E-state index contributed by atoms with van der Waals surface area (Å²) >= 11 is 0. The van der Waals surface area contributed by atoms with Gasteiger partial charge in [0.25, 0.3) is 0 Å². The molecule has 2 aromatic rings. The molecule has 0 unspecified atom stereocenters. The highest BCUT2D eigenvalue weighted by Crippen LogP contribution is 2.05. The van der Waals surface area contributed by atoms with Crippen molar-refractivity contribution in [2.75, 3.05) is 6.54 Å². The molecule has 16 heavy (non-hydrogen) atoms. The molecule has 5 nitrogen and oxygen atoms in total. The molecule has 0 aliphatic heterocycles. The van der Waals surface area contributed by atoms with Gasteiger partial charge in [0, 0.05) is 19.8 Å². The van der Waals surface area contributed by atoms with Crippen LogP contribution >= 0.6 is 0 Å². The Balaban J connectivity index is 2.02. The van der Waals surface area contributed by atoms with Crippen LogP contribution in [-0.4, -0.2) is 26.1 Å². The fourth-order valence-corrected chi connectivity index (χ4v) is 1.52. The molecule has 0 saturated carbocycles. The van der Waals surface area contributed by atoms with Gasteiger partial charge in [-0.1, -0.05) is 6.92 Å². The standard InChI is InChI=1S/C11H17N5/c1-3-5-12-7-10-4-6-16(14-10)11-8-13-15(2)9-11/h4,6,8-9,12H,3,5,7H2,1-2H3. The molecule has 0 aliphatic carbocycles. The summed E-state index contributed by atoms with van der Waals surface area (Å²) < 4.78 is 3.61. The van der Waals surface area contributed by atoms with Gasteiger partial charge < -0.3 is 5.32 Å². The van der Waals surface area contributed by atoms with Crippen LogP contribution < -0.4 is 5.32 Å². The summed E-state index contributed by atoms with van der Waals surface area (Å²) in [6.45, 7) is 4.00. The summed E-state index contributed by atoms with van der Waals surface area (Å²) in [5.41, 5.74) is 2.04. The number of rotatable bonds is 5. The Morgan fingerprint density at radius 1 is 1.44 bits per heavy atom. The van der Waals surface area contributed by atoms with Crippen LogP contribution in [0.1, 0.15) is 19.0 Å². The van der Waals surface area contributed by atoms with Gasteiger partial charge in [-0.25, -0.2) is 4.68 Å². The van der Waals surface area contributed by atoms with Gasteiger partial charge in [-0.2, -0.15) is 10.2 Å². The van der Waals surface area contributed by atoms with Gasteiger partial charge in [-0.15, -0.1) is 0 Å². The monoisotopic (exact) mass is 219 g/mol. The van der Waals surface area contributed by atoms with Crippen LogP contribution in [0.15, 0.2) is 24.7 Å². The van der Waals surface area contributed by atoms with Crippen molar-refractivity contribution in [2.24, 2.45) is 7.05 Å². The second kappa shape index (κ2) is 4.94. The minimum Gasteiger partial charge on any atom is -0.311 e. The van der Waals surface area contributed by atoms with Gasteiger partial charge in [0.15, 0.2) is 0 Å². The third-order valence-electron chi connectivity index (χ3n) is 2.33. The number of aromatic nitrogens is 4. The Labute approximate surface area is 95.1 Å². The lowest BCUT2D eigenvalue weighted by molar-refractivity contribution is 0.656. The molecule has 0 radical (unpaired) electrons. The molecule has 0 fully saturated rings. The van der Waals surface area contributed by atoms with Crippen LogP contribution in [0.25, 0.3) is 5.69 Å². The molecular formula is C11H17N5. The number of aryl methyl sites for hydroxylation is 1. The maximum Gasteiger partial charge on any atom is 0.102 e. The molecule has 2 heterocycles. The summed E-state index contributed by atoms with van der Waals surface area (Å²) in [5, 5.41) is 11.9. The van der Waals surface area contributed by atoms with E-state index >= 15 is 0 Å². The highest BCUT2D eigenvalue weighted by atomic mass is 15.3. The van der Waals surface area contributed by atoms with Gasteiger partial charge in [0.1, 0.15) is 5.69 Å². The van der Waals surface area contributed by atoms with E-state index < -0.39 is 0 Å². The average molecular weight is 219 g/mol. The van der Waals surface area contributed by atoms with Crippen LogP contribution in [0.3, 0.4) is 0 Å². The van der Waals surface area contributed by atoms with Gasteiger partial charge in [-0.3, -0.25) is 4.68 Å². The van der Waals surface area contributed by atoms with E-state index in [9.17, 15) is 0 Å². The molecule has 5 heteroatoms. The van der Waals surface area contributed by atoms with Crippen molar-refractivity contribution in [3.8, 4) is 5.69 Å². The SMILES string of the molecule is CCCNCc1ccn(-c2cnn(C)c2)n1. The highest BCUT2D eigenvalue weighted by molar-refractivity contribution is 5.24. The molecule has 0 amide bonds. The molecule has 86 valence electrons. The zero-order valence-electron chi connectivity index (χ0n) is 9.72. The smallest absolute Gasteiger partial charge is 0.102 e. The third-order valence-corrected chi connectivity index (χ3v) is 2.33. The minimum absolute atomic E-state index is 0.821. The molecule has 0 spiro atoms. The fourth-order valence-electron chi connectivity index (χ4n) is 1.52. The molecule has 0 bridgehead atoms. The molecule has 0 atom stereocenters. The van der Waals surface area contributed by atoms with E-state index in [1.54, 1.807) is 10.9 Å². The summed E-state index contributed by atoms with van der Waals surface area (Å²) in [7, 11) is 1.90. The highest BCUT2D eigenvalue weighted by Gasteiger charge is 2.02. The Kier molecular flexibility index (Phi) is 3.36. The first-order valence-corrected chi connectivity index (χ1v) is 5.54. The Bertz CT molecular complexity index is 443. The van der Waals surface area contributed by atoms with E-state index in [-0.39, 0.29) is 0 Å².